The van der Waals surface area contributed by atoms with Crippen LogP contribution in [0.4, 0.5) is 23.2 Å². The van der Waals surface area contributed by atoms with Crippen molar-refractivity contribution in [2.45, 2.75) is 44.0 Å². The third-order valence-corrected chi connectivity index (χ3v) is 3.35. The van der Waals surface area contributed by atoms with Gasteiger partial charge in [0.25, 0.3) is 0 Å². The van der Waals surface area contributed by atoms with Crippen molar-refractivity contribution in [2.75, 3.05) is 5.32 Å². The van der Waals surface area contributed by atoms with Crippen LogP contribution in [0, 0.1) is 5.82 Å². The van der Waals surface area contributed by atoms with E-state index in [4.69, 9.17) is 0 Å². The number of hydrogen-bond donors (Lipinski definition) is 2. The number of aliphatic hydroxyl groups excluding tert-OH is 1. The molecule has 1 fully saturated rings. The summed E-state index contributed by atoms with van der Waals surface area (Å²) in [5, 5.41) is 12.6. The Morgan fingerprint density at radius 2 is 1.84 bits per heavy atom. The number of nitrogens with one attached hydrogen (secondary N) is 1. The van der Waals surface area contributed by atoms with Gasteiger partial charge < -0.3 is 10.4 Å². The fourth-order valence-electron chi connectivity index (χ4n) is 2.33. The molecule has 1 aliphatic carbocycles. The van der Waals surface area contributed by atoms with E-state index in [0.29, 0.717) is 12.8 Å². The van der Waals surface area contributed by atoms with E-state index in [1.807, 2.05) is 0 Å². The quantitative estimate of drug-likeness (QED) is 0.810. The molecule has 19 heavy (non-hydrogen) atoms. The van der Waals surface area contributed by atoms with Crippen LogP contribution in [-0.4, -0.2) is 17.3 Å². The molecule has 2 rings (SSSR count). The maximum absolute atomic E-state index is 13.1. The molecule has 0 aliphatic heterocycles. The molecule has 0 spiro atoms. The summed E-state index contributed by atoms with van der Waals surface area (Å²) in [7, 11) is 0. The highest BCUT2D eigenvalue weighted by molar-refractivity contribution is 5.48. The average Bonchev–Trinajstić information content (AvgIpc) is 2.33. The standard InChI is InChI=1S/C13H15F4NO/c14-10-6-5-8(7-9(10)13(15,16)17)18-11-3-1-2-4-12(11)19/h5-7,11-12,18-19H,1-4H2/t11-,12-/m0/s1. The lowest BCUT2D eigenvalue weighted by Crippen LogP contribution is -2.36. The van der Waals surface area contributed by atoms with Crippen LogP contribution in [0.2, 0.25) is 0 Å². The van der Waals surface area contributed by atoms with Crippen LogP contribution >= 0.6 is 0 Å². The van der Waals surface area contributed by atoms with Gasteiger partial charge in [-0.1, -0.05) is 12.8 Å². The summed E-state index contributed by atoms with van der Waals surface area (Å²) in [6.45, 7) is 0. The monoisotopic (exact) mass is 277 g/mol. The Labute approximate surface area is 108 Å². The van der Waals surface area contributed by atoms with Gasteiger partial charge in [-0.15, -0.1) is 0 Å². The number of rotatable bonds is 2. The third-order valence-electron chi connectivity index (χ3n) is 3.35. The molecule has 2 N–H and O–H groups in total. The van der Waals surface area contributed by atoms with Crippen molar-refractivity contribution >= 4 is 5.69 Å². The van der Waals surface area contributed by atoms with Crippen LogP contribution in [0.5, 0.6) is 0 Å². The highest BCUT2D eigenvalue weighted by Crippen LogP contribution is 2.33. The molecule has 0 heterocycles. The van der Waals surface area contributed by atoms with Gasteiger partial charge in [0.15, 0.2) is 0 Å². The first-order valence-electron chi connectivity index (χ1n) is 6.19. The van der Waals surface area contributed by atoms with Crippen molar-refractivity contribution in [3.8, 4) is 0 Å². The molecule has 0 saturated heterocycles. The van der Waals surface area contributed by atoms with Crippen molar-refractivity contribution in [1.29, 1.82) is 0 Å². The van der Waals surface area contributed by atoms with Gasteiger partial charge in [0, 0.05) is 5.69 Å². The molecule has 0 aromatic heterocycles. The zero-order valence-corrected chi connectivity index (χ0v) is 10.2. The SMILES string of the molecule is O[C@H]1CCCC[C@@H]1Nc1ccc(F)c(C(F)(F)F)c1. The first kappa shape index (κ1) is 14.1. The van der Waals surface area contributed by atoms with Crippen LogP contribution in [0.25, 0.3) is 0 Å². The number of alkyl halides is 3. The van der Waals surface area contributed by atoms with Gasteiger partial charge in [0.05, 0.1) is 17.7 Å². The Hall–Kier alpha value is -1.30. The summed E-state index contributed by atoms with van der Waals surface area (Å²) >= 11 is 0. The smallest absolute Gasteiger partial charge is 0.391 e. The van der Waals surface area contributed by atoms with Gasteiger partial charge in [-0.2, -0.15) is 13.2 Å². The molecule has 2 atom stereocenters. The van der Waals surface area contributed by atoms with Gasteiger partial charge in [0.1, 0.15) is 5.82 Å². The summed E-state index contributed by atoms with van der Waals surface area (Å²) in [6, 6.07) is 2.52. The molecule has 0 amide bonds. The largest absolute Gasteiger partial charge is 0.419 e. The minimum absolute atomic E-state index is 0.180. The maximum atomic E-state index is 13.1. The lowest BCUT2D eigenvalue weighted by molar-refractivity contribution is -0.139. The van der Waals surface area contributed by atoms with E-state index in [-0.39, 0.29) is 11.7 Å². The fraction of sp³-hybridized carbons (Fsp3) is 0.538. The highest BCUT2D eigenvalue weighted by atomic mass is 19.4. The first-order valence-corrected chi connectivity index (χ1v) is 6.19. The number of anilines is 1. The zero-order valence-electron chi connectivity index (χ0n) is 10.2. The zero-order chi connectivity index (χ0) is 14.0. The first-order chi connectivity index (χ1) is 8.88. The van der Waals surface area contributed by atoms with Crippen molar-refractivity contribution in [1.82, 2.24) is 0 Å². The number of halogens is 4. The van der Waals surface area contributed by atoms with Crippen LogP contribution < -0.4 is 5.32 Å². The summed E-state index contributed by atoms with van der Waals surface area (Å²) in [5.74, 6) is -1.29. The fourth-order valence-corrected chi connectivity index (χ4v) is 2.33. The Balaban J connectivity index is 2.17. The maximum Gasteiger partial charge on any atom is 0.419 e. The van der Waals surface area contributed by atoms with Crippen LogP contribution in [0.3, 0.4) is 0 Å². The Bertz CT molecular complexity index is 447. The molecule has 1 aromatic carbocycles. The van der Waals surface area contributed by atoms with Gasteiger partial charge in [0.2, 0.25) is 0 Å². The molecule has 0 unspecified atom stereocenters. The minimum Gasteiger partial charge on any atom is -0.391 e. The average molecular weight is 277 g/mol. The number of benzene rings is 1. The molecule has 6 heteroatoms. The van der Waals surface area contributed by atoms with E-state index in [9.17, 15) is 22.7 Å². The Kier molecular flexibility index (Phi) is 3.99. The van der Waals surface area contributed by atoms with E-state index < -0.39 is 23.7 Å². The second-order valence-electron chi connectivity index (χ2n) is 4.80. The Morgan fingerprint density at radius 3 is 2.47 bits per heavy atom. The second-order valence-corrected chi connectivity index (χ2v) is 4.80. The molecule has 1 aliphatic rings. The lowest BCUT2D eigenvalue weighted by atomic mass is 9.92. The summed E-state index contributed by atoms with van der Waals surface area (Å²) in [6.07, 6.45) is -2.13. The normalized spacial score (nSPS) is 24.3. The highest BCUT2D eigenvalue weighted by Gasteiger charge is 2.34. The molecule has 106 valence electrons. The van der Waals surface area contributed by atoms with Crippen LogP contribution in [0.1, 0.15) is 31.2 Å². The van der Waals surface area contributed by atoms with Crippen LogP contribution in [-0.2, 0) is 6.18 Å². The van der Waals surface area contributed by atoms with Crippen molar-refractivity contribution in [3.05, 3.63) is 29.6 Å². The van der Waals surface area contributed by atoms with E-state index in [1.165, 1.54) is 6.07 Å². The lowest BCUT2D eigenvalue weighted by Gasteiger charge is -2.29. The molecule has 0 radical (unpaired) electrons. The predicted molar refractivity (Wildman–Crippen MR) is 63.3 cm³/mol. The van der Waals surface area contributed by atoms with Crippen LogP contribution in [0.15, 0.2) is 18.2 Å². The van der Waals surface area contributed by atoms with E-state index in [2.05, 4.69) is 5.32 Å². The summed E-state index contributed by atoms with van der Waals surface area (Å²) in [4.78, 5) is 0. The number of aliphatic hydroxyl groups is 1. The van der Waals surface area contributed by atoms with Crippen molar-refractivity contribution < 1.29 is 22.7 Å². The predicted octanol–water partition coefficient (Wildman–Crippen LogP) is 3.56. The molecule has 1 aromatic rings. The third kappa shape index (κ3) is 3.37. The summed E-state index contributed by atoms with van der Waals surface area (Å²) < 4.78 is 50.8. The van der Waals surface area contributed by atoms with E-state index in [0.717, 1.165) is 25.0 Å². The topological polar surface area (TPSA) is 32.3 Å². The Morgan fingerprint density at radius 1 is 1.16 bits per heavy atom. The molecular weight excluding hydrogens is 262 g/mol. The molecule has 1 saturated carbocycles. The molecular formula is C13H15F4NO. The van der Waals surface area contributed by atoms with Crippen molar-refractivity contribution in [3.63, 3.8) is 0 Å². The van der Waals surface area contributed by atoms with Gasteiger partial charge in [-0.05, 0) is 31.0 Å². The summed E-state index contributed by atoms with van der Waals surface area (Å²) in [5.41, 5.74) is -1.11. The second kappa shape index (κ2) is 5.36. The van der Waals surface area contributed by atoms with E-state index >= 15 is 0 Å². The van der Waals surface area contributed by atoms with Gasteiger partial charge in [-0.25, -0.2) is 4.39 Å². The van der Waals surface area contributed by atoms with Gasteiger partial charge in [-0.3, -0.25) is 0 Å². The van der Waals surface area contributed by atoms with Gasteiger partial charge >= 0.3 is 6.18 Å². The number of hydrogen-bond acceptors (Lipinski definition) is 2. The van der Waals surface area contributed by atoms with Crippen molar-refractivity contribution in [2.24, 2.45) is 0 Å². The molecule has 2 nitrogen and oxygen atoms in total. The van der Waals surface area contributed by atoms with E-state index in [1.54, 1.807) is 0 Å². The molecule has 0 bridgehead atoms. The minimum atomic E-state index is -4.72.